The molecule has 0 bridgehead atoms. The van der Waals surface area contributed by atoms with Crippen molar-refractivity contribution in [1.82, 2.24) is 19.3 Å². The maximum absolute atomic E-state index is 9.18. The third-order valence-electron chi connectivity index (χ3n) is 3.61. The summed E-state index contributed by atoms with van der Waals surface area (Å²) in [6.45, 7) is 0.757. The average molecular weight is 300 g/mol. The van der Waals surface area contributed by atoms with Gasteiger partial charge in [-0.05, 0) is 18.2 Å². The van der Waals surface area contributed by atoms with Crippen LogP contribution in [0.2, 0.25) is 0 Å². The van der Waals surface area contributed by atoms with E-state index in [2.05, 4.69) is 20.7 Å². The topological polar surface area (TPSA) is 59.4 Å². The molecule has 0 aliphatic rings. The number of aromatic nitrogens is 4. The van der Waals surface area contributed by atoms with Crippen LogP contribution >= 0.6 is 11.6 Å². The van der Waals surface area contributed by atoms with Crippen LogP contribution in [0.1, 0.15) is 17.1 Å². The quantitative estimate of drug-likeness (QED) is 0.696. The summed E-state index contributed by atoms with van der Waals surface area (Å²) < 4.78 is 3.94. The molecule has 0 unspecified atom stereocenters. The van der Waals surface area contributed by atoms with Crippen molar-refractivity contribution >= 4 is 22.6 Å². The number of fused-ring (bicyclic) bond motifs is 1. The molecule has 0 atom stereocenters. The highest BCUT2D eigenvalue weighted by Crippen LogP contribution is 2.21. The number of rotatable bonds is 4. The molecule has 0 saturated heterocycles. The van der Waals surface area contributed by atoms with Crippen LogP contribution in [-0.2, 0) is 25.9 Å². The highest BCUT2D eigenvalue weighted by Gasteiger charge is 2.13. The van der Waals surface area contributed by atoms with Gasteiger partial charge >= 0.3 is 0 Å². The molecule has 0 saturated carbocycles. The maximum atomic E-state index is 9.18. The number of para-hydroxylation sites is 1. The van der Waals surface area contributed by atoms with Crippen molar-refractivity contribution in [1.29, 1.82) is 5.26 Å². The smallest absolute Gasteiger partial charge is 0.124 e. The van der Waals surface area contributed by atoms with Crippen LogP contribution in [-0.4, -0.2) is 19.3 Å². The molecule has 0 amide bonds. The zero-order valence-electron chi connectivity index (χ0n) is 11.6. The lowest BCUT2D eigenvalue weighted by Crippen LogP contribution is -2.08. The van der Waals surface area contributed by atoms with Crippen LogP contribution in [0.25, 0.3) is 11.0 Å². The molecule has 2 aromatic heterocycles. The largest absolute Gasteiger partial charge is 0.327 e. The Labute approximate surface area is 127 Å². The van der Waals surface area contributed by atoms with Gasteiger partial charge in [-0.1, -0.05) is 6.07 Å². The van der Waals surface area contributed by atoms with Gasteiger partial charge in [-0.15, -0.1) is 11.6 Å². The Balaban J connectivity index is 2.01. The zero-order valence-corrected chi connectivity index (χ0v) is 12.4. The van der Waals surface area contributed by atoms with E-state index in [0.717, 1.165) is 35.5 Å². The summed E-state index contributed by atoms with van der Waals surface area (Å²) >= 11 is 6.01. The minimum absolute atomic E-state index is 0.324. The van der Waals surface area contributed by atoms with Gasteiger partial charge in [0.1, 0.15) is 17.4 Å². The molecule has 2 heterocycles. The summed E-state index contributed by atoms with van der Waals surface area (Å²) in [7, 11) is 1.93. The molecule has 0 radical (unpaired) electrons. The van der Waals surface area contributed by atoms with Crippen LogP contribution in [0.5, 0.6) is 0 Å². The normalized spacial score (nSPS) is 10.9. The standard InChI is InChI=1S/C15H14ClN5/c1-20-12(5-7-18-20)6-8-21-13-4-2-3-11(10-17)15(13)19-14(21)9-16/h2-5,7H,6,8-9H2,1H3. The Morgan fingerprint density at radius 2 is 2.19 bits per heavy atom. The Morgan fingerprint density at radius 1 is 1.33 bits per heavy atom. The highest BCUT2D eigenvalue weighted by molar-refractivity contribution is 6.16. The molecule has 21 heavy (non-hydrogen) atoms. The van der Waals surface area contributed by atoms with E-state index in [9.17, 15) is 5.26 Å². The van der Waals surface area contributed by atoms with E-state index in [1.165, 1.54) is 0 Å². The lowest BCUT2D eigenvalue weighted by molar-refractivity contribution is 0.634. The monoisotopic (exact) mass is 299 g/mol. The number of aryl methyl sites for hydroxylation is 3. The molecule has 0 spiro atoms. The molecular weight excluding hydrogens is 286 g/mol. The fraction of sp³-hybridized carbons (Fsp3) is 0.267. The van der Waals surface area contributed by atoms with Crippen LogP contribution in [0.3, 0.4) is 0 Å². The second kappa shape index (κ2) is 5.58. The van der Waals surface area contributed by atoms with Crippen molar-refractivity contribution in [2.75, 3.05) is 0 Å². The highest BCUT2D eigenvalue weighted by atomic mass is 35.5. The van der Waals surface area contributed by atoms with E-state index in [1.807, 2.05) is 29.9 Å². The van der Waals surface area contributed by atoms with Crippen molar-refractivity contribution < 1.29 is 0 Å². The second-order valence-corrected chi connectivity index (χ2v) is 5.06. The number of nitrogens with zero attached hydrogens (tertiary/aromatic N) is 5. The van der Waals surface area contributed by atoms with E-state index < -0.39 is 0 Å². The van der Waals surface area contributed by atoms with E-state index >= 15 is 0 Å². The number of benzene rings is 1. The Hall–Kier alpha value is -2.32. The van der Waals surface area contributed by atoms with Crippen molar-refractivity contribution in [3.05, 3.63) is 47.5 Å². The Morgan fingerprint density at radius 3 is 2.86 bits per heavy atom. The molecule has 0 aliphatic carbocycles. The Bertz CT molecular complexity index is 824. The summed E-state index contributed by atoms with van der Waals surface area (Å²) in [4.78, 5) is 4.51. The fourth-order valence-electron chi connectivity index (χ4n) is 2.51. The maximum Gasteiger partial charge on any atom is 0.124 e. The number of alkyl halides is 1. The van der Waals surface area contributed by atoms with E-state index in [-0.39, 0.29) is 0 Å². The molecule has 1 aromatic carbocycles. The second-order valence-electron chi connectivity index (χ2n) is 4.79. The number of nitriles is 1. The summed E-state index contributed by atoms with van der Waals surface area (Å²) in [5, 5.41) is 13.4. The van der Waals surface area contributed by atoms with Gasteiger partial charge in [0.15, 0.2) is 0 Å². The first-order valence-electron chi connectivity index (χ1n) is 6.65. The lowest BCUT2D eigenvalue weighted by atomic mass is 10.2. The number of hydrogen-bond acceptors (Lipinski definition) is 3. The molecule has 0 N–H and O–H groups in total. The molecule has 0 fully saturated rings. The first-order valence-corrected chi connectivity index (χ1v) is 7.19. The minimum Gasteiger partial charge on any atom is -0.327 e. The predicted octanol–water partition coefficient (Wildman–Crippen LogP) is 2.62. The number of hydrogen-bond donors (Lipinski definition) is 0. The zero-order chi connectivity index (χ0) is 14.8. The third-order valence-corrected chi connectivity index (χ3v) is 3.85. The van der Waals surface area contributed by atoms with Gasteiger partial charge in [0.05, 0.1) is 17.0 Å². The number of imidazole rings is 1. The lowest BCUT2D eigenvalue weighted by Gasteiger charge is -2.08. The van der Waals surface area contributed by atoms with Gasteiger partial charge in [-0.2, -0.15) is 10.4 Å². The van der Waals surface area contributed by atoms with Gasteiger partial charge in [0.2, 0.25) is 0 Å². The van der Waals surface area contributed by atoms with Crippen LogP contribution in [0, 0.1) is 11.3 Å². The van der Waals surface area contributed by atoms with Gasteiger partial charge < -0.3 is 4.57 Å². The minimum atomic E-state index is 0.324. The number of halogens is 1. The van der Waals surface area contributed by atoms with Crippen molar-refractivity contribution in [3.8, 4) is 6.07 Å². The van der Waals surface area contributed by atoms with E-state index in [1.54, 1.807) is 12.3 Å². The van der Waals surface area contributed by atoms with Crippen LogP contribution < -0.4 is 0 Å². The summed E-state index contributed by atoms with van der Waals surface area (Å²) in [6.07, 6.45) is 2.63. The Kier molecular flexibility index (Phi) is 3.63. The fourth-order valence-corrected chi connectivity index (χ4v) is 2.71. The first-order chi connectivity index (χ1) is 10.2. The molecule has 3 aromatic rings. The molecule has 5 nitrogen and oxygen atoms in total. The van der Waals surface area contributed by atoms with Gasteiger partial charge in [0, 0.05) is 31.9 Å². The summed E-state index contributed by atoms with van der Waals surface area (Å²) in [5.41, 5.74) is 3.40. The molecule has 106 valence electrons. The molecule has 0 aliphatic heterocycles. The molecule has 6 heteroatoms. The predicted molar refractivity (Wildman–Crippen MR) is 80.9 cm³/mol. The van der Waals surface area contributed by atoms with E-state index in [4.69, 9.17) is 11.6 Å². The van der Waals surface area contributed by atoms with Crippen LogP contribution in [0.15, 0.2) is 30.5 Å². The van der Waals surface area contributed by atoms with Crippen molar-refractivity contribution in [2.45, 2.75) is 18.8 Å². The van der Waals surface area contributed by atoms with Crippen LogP contribution in [0.4, 0.5) is 0 Å². The summed E-state index contributed by atoms with van der Waals surface area (Å²) in [6, 6.07) is 9.81. The van der Waals surface area contributed by atoms with Gasteiger partial charge in [0.25, 0.3) is 0 Å². The molecule has 3 rings (SSSR count). The van der Waals surface area contributed by atoms with Gasteiger partial charge in [-0.3, -0.25) is 4.68 Å². The van der Waals surface area contributed by atoms with E-state index in [0.29, 0.717) is 11.4 Å². The van der Waals surface area contributed by atoms with Crippen molar-refractivity contribution in [2.24, 2.45) is 7.05 Å². The first kappa shape index (κ1) is 13.7. The van der Waals surface area contributed by atoms with Crippen molar-refractivity contribution in [3.63, 3.8) is 0 Å². The average Bonchev–Trinajstić information content (AvgIpc) is 3.07. The molecular formula is C15H14ClN5. The summed E-state index contributed by atoms with van der Waals surface area (Å²) in [5.74, 6) is 1.11. The third kappa shape index (κ3) is 2.39. The van der Waals surface area contributed by atoms with Gasteiger partial charge in [-0.25, -0.2) is 4.98 Å². The SMILES string of the molecule is Cn1nccc1CCn1c(CCl)nc2c(C#N)cccc21.